The van der Waals surface area contributed by atoms with Gasteiger partial charge >= 0.3 is 0 Å². The largest absolute Gasteiger partial charge is 0.383 e. The van der Waals surface area contributed by atoms with Gasteiger partial charge in [0.2, 0.25) is 0 Å². The third kappa shape index (κ3) is 3.32. The minimum atomic E-state index is -2.60. The molecule has 24 heavy (non-hydrogen) atoms. The van der Waals surface area contributed by atoms with Crippen LogP contribution in [0.3, 0.4) is 0 Å². The van der Waals surface area contributed by atoms with Gasteiger partial charge in [-0.1, -0.05) is 12.1 Å². The van der Waals surface area contributed by atoms with E-state index in [-0.39, 0.29) is 6.04 Å². The summed E-state index contributed by atoms with van der Waals surface area (Å²) >= 11 is 0. The van der Waals surface area contributed by atoms with Crippen LogP contribution in [0.25, 0.3) is 10.9 Å². The van der Waals surface area contributed by atoms with Crippen LogP contribution in [0.15, 0.2) is 29.1 Å². The van der Waals surface area contributed by atoms with E-state index in [0.717, 1.165) is 24.0 Å². The molecule has 0 saturated carbocycles. The molecule has 7 heteroatoms. The Hall–Kier alpha value is -1.86. The fraction of sp³-hybridized carbons (Fsp3) is 0.529. The first kappa shape index (κ1) is 17.0. The molecule has 1 atom stereocenters. The summed E-state index contributed by atoms with van der Waals surface area (Å²) in [5.74, 6) is 0.438. The molecule has 0 N–H and O–H groups in total. The highest BCUT2D eigenvalue weighted by Crippen LogP contribution is 2.30. The number of methoxy groups -OCH3 is 1. The number of benzene rings is 1. The number of ether oxygens (including phenoxy) is 1. The van der Waals surface area contributed by atoms with Gasteiger partial charge in [0.1, 0.15) is 5.82 Å². The minimum absolute atomic E-state index is 0.129. The number of nitrogens with zero attached hydrogens (tertiary/aromatic N) is 3. The first-order valence-corrected chi connectivity index (χ1v) is 8.12. The van der Waals surface area contributed by atoms with Gasteiger partial charge in [-0.05, 0) is 31.5 Å². The predicted octanol–water partition coefficient (Wildman–Crippen LogP) is 2.44. The molecule has 1 unspecified atom stereocenters. The van der Waals surface area contributed by atoms with Crippen molar-refractivity contribution in [3.63, 3.8) is 0 Å². The summed E-state index contributed by atoms with van der Waals surface area (Å²) in [7, 11) is 1.63. The van der Waals surface area contributed by atoms with Crippen LogP contribution < -0.4 is 5.56 Å². The maximum Gasteiger partial charge on any atom is 0.261 e. The highest BCUT2D eigenvalue weighted by molar-refractivity contribution is 5.77. The number of hydrogen-bond donors (Lipinski definition) is 0. The molecule has 0 radical (unpaired) electrons. The highest BCUT2D eigenvalue weighted by Gasteiger charge is 2.30. The van der Waals surface area contributed by atoms with Crippen LogP contribution in [-0.2, 0) is 11.3 Å². The zero-order chi connectivity index (χ0) is 17.1. The molecule has 1 aliphatic rings. The molecule has 2 heterocycles. The second-order valence-electron chi connectivity index (χ2n) is 5.98. The van der Waals surface area contributed by atoms with Gasteiger partial charge in [-0.25, -0.2) is 13.8 Å². The van der Waals surface area contributed by atoms with E-state index in [1.807, 2.05) is 0 Å². The van der Waals surface area contributed by atoms with Gasteiger partial charge in [0.05, 0.1) is 30.1 Å². The molecule has 3 rings (SSSR count). The predicted molar refractivity (Wildman–Crippen MR) is 87.4 cm³/mol. The van der Waals surface area contributed by atoms with Crippen LogP contribution in [0.4, 0.5) is 8.78 Å². The van der Waals surface area contributed by atoms with Crippen LogP contribution in [0.2, 0.25) is 0 Å². The molecular weight excluding hydrogens is 316 g/mol. The quantitative estimate of drug-likeness (QED) is 0.812. The lowest BCUT2D eigenvalue weighted by molar-refractivity contribution is 0.115. The number of likely N-dealkylation sites (tertiary alicyclic amines) is 1. The summed E-state index contributed by atoms with van der Waals surface area (Å²) in [6.45, 7) is 1.48. The average Bonchev–Trinajstić information content (AvgIpc) is 3.03. The Morgan fingerprint density at radius 1 is 1.38 bits per heavy atom. The average molecular weight is 337 g/mol. The smallest absolute Gasteiger partial charge is 0.261 e. The van der Waals surface area contributed by atoms with E-state index >= 15 is 0 Å². The Morgan fingerprint density at radius 2 is 2.17 bits per heavy atom. The zero-order valence-electron chi connectivity index (χ0n) is 13.6. The number of rotatable bonds is 6. The standard InChI is InChI=1S/C17H21F2N3O2/c1-24-10-9-21-8-4-7-14(21)16-20-13-6-3-2-5-12(13)17(23)22(16)11-15(18)19/h2-3,5-6,14-15H,4,7-11H2,1H3. The molecule has 2 aromatic rings. The van der Waals surface area contributed by atoms with E-state index < -0.39 is 18.5 Å². The van der Waals surface area contributed by atoms with Crippen molar-refractivity contribution < 1.29 is 13.5 Å². The third-order valence-corrected chi connectivity index (χ3v) is 4.46. The number of halogens is 2. The van der Waals surface area contributed by atoms with Crippen LogP contribution in [-0.4, -0.2) is 47.7 Å². The van der Waals surface area contributed by atoms with Crippen molar-refractivity contribution in [3.8, 4) is 0 Å². The van der Waals surface area contributed by atoms with E-state index in [2.05, 4.69) is 9.88 Å². The van der Waals surface area contributed by atoms with Crippen LogP contribution in [0, 0.1) is 0 Å². The van der Waals surface area contributed by atoms with Crippen molar-refractivity contribution in [2.75, 3.05) is 26.8 Å². The monoisotopic (exact) mass is 337 g/mol. The SMILES string of the molecule is COCCN1CCCC1c1nc2ccccc2c(=O)n1CC(F)F. The van der Waals surface area contributed by atoms with Crippen molar-refractivity contribution in [3.05, 3.63) is 40.4 Å². The number of hydrogen-bond acceptors (Lipinski definition) is 4. The molecule has 1 aromatic carbocycles. The summed E-state index contributed by atoms with van der Waals surface area (Å²) in [4.78, 5) is 19.4. The van der Waals surface area contributed by atoms with Crippen molar-refractivity contribution in [2.24, 2.45) is 0 Å². The maximum atomic E-state index is 13.0. The fourth-order valence-corrected chi connectivity index (χ4v) is 3.35. The van der Waals surface area contributed by atoms with E-state index in [0.29, 0.717) is 29.9 Å². The second-order valence-corrected chi connectivity index (χ2v) is 5.98. The van der Waals surface area contributed by atoms with Gasteiger partial charge in [-0.15, -0.1) is 0 Å². The number of para-hydroxylation sites is 1. The van der Waals surface area contributed by atoms with Crippen molar-refractivity contribution in [2.45, 2.75) is 31.9 Å². The summed E-state index contributed by atoms with van der Waals surface area (Å²) in [6, 6.07) is 6.78. The van der Waals surface area contributed by atoms with Crippen LogP contribution in [0.5, 0.6) is 0 Å². The van der Waals surface area contributed by atoms with Gasteiger partial charge < -0.3 is 4.74 Å². The topological polar surface area (TPSA) is 47.4 Å². The Balaban J connectivity index is 2.09. The van der Waals surface area contributed by atoms with Crippen LogP contribution in [0.1, 0.15) is 24.7 Å². The molecule has 130 valence electrons. The lowest BCUT2D eigenvalue weighted by Gasteiger charge is -2.26. The molecule has 1 aromatic heterocycles. The summed E-state index contributed by atoms with van der Waals surface area (Å²) in [5.41, 5.74) is 0.163. The first-order chi connectivity index (χ1) is 11.6. The van der Waals surface area contributed by atoms with Gasteiger partial charge in [0.25, 0.3) is 12.0 Å². The number of aromatic nitrogens is 2. The number of fused-ring (bicyclic) bond motifs is 1. The highest BCUT2D eigenvalue weighted by atomic mass is 19.3. The fourth-order valence-electron chi connectivity index (χ4n) is 3.35. The molecule has 1 fully saturated rings. The Labute approximate surface area is 138 Å². The third-order valence-electron chi connectivity index (χ3n) is 4.46. The van der Waals surface area contributed by atoms with Crippen molar-refractivity contribution >= 4 is 10.9 Å². The van der Waals surface area contributed by atoms with E-state index in [1.54, 1.807) is 31.4 Å². The van der Waals surface area contributed by atoms with Gasteiger partial charge in [-0.2, -0.15) is 0 Å². The van der Waals surface area contributed by atoms with E-state index in [9.17, 15) is 13.6 Å². The maximum absolute atomic E-state index is 13.0. The Morgan fingerprint density at radius 3 is 2.92 bits per heavy atom. The normalized spacial score (nSPS) is 18.8. The van der Waals surface area contributed by atoms with Gasteiger partial charge in [0, 0.05) is 13.7 Å². The molecule has 1 aliphatic heterocycles. The Bertz CT molecular complexity index is 763. The molecule has 1 saturated heterocycles. The second kappa shape index (κ2) is 7.36. The Kier molecular flexibility index (Phi) is 5.20. The summed E-state index contributed by atoms with van der Waals surface area (Å²) in [6.07, 6.45) is -0.845. The van der Waals surface area contributed by atoms with Crippen molar-refractivity contribution in [1.29, 1.82) is 0 Å². The summed E-state index contributed by atoms with van der Waals surface area (Å²) in [5, 5.41) is 0.378. The van der Waals surface area contributed by atoms with E-state index in [4.69, 9.17) is 4.74 Å². The summed E-state index contributed by atoms with van der Waals surface area (Å²) < 4.78 is 32.4. The van der Waals surface area contributed by atoms with Gasteiger partial charge in [-0.3, -0.25) is 14.3 Å². The molecule has 0 spiro atoms. The lowest BCUT2D eigenvalue weighted by Crippen LogP contribution is -2.35. The van der Waals surface area contributed by atoms with Crippen LogP contribution >= 0.6 is 0 Å². The molecule has 0 amide bonds. The zero-order valence-corrected chi connectivity index (χ0v) is 13.6. The molecule has 5 nitrogen and oxygen atoms in total. The molecule has 0 aliphatic carbocycles. The minimum Gasteiger partial charge on any atom is -0.383 e. The van der Waals surface area contributed by atoms with E-state index in [1.165, 1.54) is 0 Å². The van der Waals surface area contributed by atoms with Gasteiger partial charge in [0.15, 0.2) is 0 Å². The van der Waals surface area contributed by atoms with Crippen molar-refractivity contribution in [1.82, 2.24) is 14.5 Å². The molecule has 0 bridgehead atoms. The lowest BCUT2D eigenvalue weighted by atomic mass is 10.1. The molecular formula is C17H21F2N3O2. The first-order valence-electron chi connectivity index (χ1n) is 8.12. The number of alkyl halides is 2.